The van der Waals surface area contributed by atoms with Crippen molar-refractivity contribution in [3.05, 3.63) is 38.2 Å². The number of benzene rings is 1. The van der Waals surface area contributed by atoms with E-state index in [9.17, 15) is 9.59 Å². The second-order valence-corrected chi connectivity index (χ2v) is 4.15. The van der Waals surface area contributed by atoms with Crippen LogP contribution >= 0.6 is 23.2 Å². The summed E-state index contributed by atoms with van der Waals surface area (Å²) in [5.74, 6) is -0.744. The summed E-state index contributed by atoms with van der Waals surface area (Å²) >= 11 is 11.6. The maximum Gasteiger partial charge on any atom is 0.299 e. The Bertz CT molecular complexity index is 684. The van der Waals surface area contributed by atoms with Crippen LogP contribution in [-0.2, 0) is 4.84 Å². The molecule has 0 radical (unpaired) electrons. The number of rotatable bonds is 2. The third kappa shape index (κ3) is 2.31. The molecular weight excluding hydrogens is 281 g/mol. The smallest absolute Gasteiger partial charge is 0.299 e. The summed E-state index contributed by atoms with van der Waals surface area (Å²) in [7, 11) is 1.25. The fraction of sp³-hybridized carbons (Fsp3) is 0.100. The van der Waals surface area contributed by atoms with Gasteiger partial charge >= 0.3 is 0 Å². The summed E-state index contributed by atoms with van der Waals surface area (Å²) in [6, 6.07) is 2.92. The van der Waals surface area contributed by atoms with Gasteiger partial charge in [0.25, 0.3) is 11.5 Å². The maximum absolute atomic E-state index is 11.6. The van der Waals surface area contributed by atoms with Crippen LogP contribution < -0.4 is 11.0 Å². The van der Waals surface area contributed by atoms with Gasteiger partial charge in [0, 0.05) is 0 Å². The number of nitrogens with zero attached hydrogens (tertiary/aromatic N) is 1. The average Bonchev–Trinajstić information content (AvgIpc) is 2.31. The van der Waals surface area contributed by atoms with Crippen molar-refractivity contribution in [3.8, 4) is 0 Å². The van der Waals surface area contributed by atoms with Crippen LogP contribution in [0.2, 0.25) is 10.0 Å². The summed E-state index contributed by atoms with van der Waals surface area (Å²) in [4.78, 5) is 34.0. The van der Waals surface area contributed by atoms with Gasteiger partial charge in [-0.15, -0.1) is 0 Å². The zero-order valence-corrected chi connectivity index (χ0v) is 10.6. The van der Waals surface area contributed by atoms with Crippen LogP contribution in [0.4, 0.5) is 0 Å². The van der Waals surface area contributed by atoms with Crippen LogP contribution in [0.5, 0.6) is 0 Å². The van der Waals surface area contributed by atoms with Crippen LogP contribution in [0.15, 0.2) is 16.9 Å². The Morgan fingerprint density at radius 1 is 1.39 bits per heavy atom. The Kier molecular flexibility index (Phi) is 3.51. The number of hydroxylamine groups is 1. The Morgan fingerprint density at radius 3 is 2.72 bits per heavy atom. The predicted octanol–water partition coefficient (Wildman–Crippen LogP) is 1.52. The molecule has 94 valence electrons. The summed E-state index contributed by atoms with van der Waals surface area (Å²) < 4.78 is 0. The van der Waals surface area contributed by atoms with Gasteiger partial charge in [0.2, 0.25) is 0 Å². The van der Waals surface area contributed by atoms with Gasteiger partial charge < -0.3 is 4.98 Å². The molecule has 0 aliphatic heterocycles. The van der Waals surface area contributed by atoms with E-state index in [0.29, 0.717) is 11.0 Å². The second kappa shape index (κ2) is 4.93. The topological polar surface area (TPSA) is 84.1 Å². The van der Waals surface area contributed by atoms with Crippen molar-refractivity contribution in [2.75, 3.05) is 7.11 Å². The summed E-state index contributed by atoms with van der Waals surface area (Å²) in [5, 5.41) is 0.567. The maximum atomic E-state index is 11.6. The number of H-pyrrole nitrogens is 1. The Hall–Kier alpha value is -1.63. The summed E-state index contributed by atoms with van der Waals surface area (Å²) in [5.41, 5.74) is 1.80. The SMILES string of the molecule is CONC(=O)c1nc2cc(Cl)c(Cl)cc2[nH]c1=O. The van der Waals surface area contributed by atoms with Crippen molar-refractivity contribution in [2.24, 2.45) is 0 Å². The van der Waals surface area contributed by atoms with Gasteiger partial charge in [-0.1, -0.05) is 23.2 Å². The van der Waals surface area contributed by atoms with E-state index in [2.05, 4.69) is 14.8 Å². The number of carbonyl (C=O) groups is 1. The Labute approximate surface area is 111 Å². The van der Waals surface area contributed by atoms with Gasteiger partial charge in [-0.2, -0.15) is 0 Å². The molecule has 0 unspecified atom stereocenters. The molecule has 0 saturated heterocycles. The average molecular weight is 288 g/mol. The van der Waals surface area contributed by atoms with Crippen molar-refractivity contribution in [1.82, 2.24) is 15.4 Å². The summed E-state index contributed by atoms with van der Waals surface area (Å²) in [6.45, 7) is 0. The highest BCUT2D eigenvalue weighted by atomic mass is 35.5. The minimum absolute atomic E-state index is 0.279. The molecule has 18 heavy (non-hydrogen) atoms. The lowest BCUT2D eigenvalue weighted by Crippen LogP contribution is -2.30. The van der Waals surface area contributed by atoms with Gasteiger partial charge in [0.1, 0.15) is 0 Å². The number of amides is 1. The monoisotopic (exact) mass is 287 g/mol. The number of hydrogen-bond donors (Lipinski definition) is 2. The first-order chi connectivity index (χ1) is 8.52. The number of aromatic amines is 1. The molecular formula is C10H7Cl2N3O3. The molecule has 0 bridgehead atoms. The molecule has 0 aliphatic carbocycles. The molecule has 0 fully saturated rings. The van der Waals surface area contributed by atoms with Crippen molar-refractivity contribution >= 4 is 40.1 Å². The minimum Gasteiger partial charge on any atom is -0.319 e. The number of hydrogen-bond acceptors (Lipinski definition) is 4. The molecule has 0 saturated carbocycles. The minimum atomic E-state index is -0.744. The van der Waals surface area contributed by atoms with Crippen molar-refractivity contribution in [2.45, 2.75) is 0 Å². The molecule has 1 heterocycles. The lowest BCUT2D eigenvalue weighted by atomic mass is 10.3. The highest BCUT2D eigenvalue weighted by Gasteiger charge is 2.14. The molecule has 0 spiro atoms. The Balaban J connectivity index is 2.65. The Morgan fingerprint density at radius 2 is 2.06 bits per heavy atom. The first-order valence-corrected chi connectivity index (χ1v) is 5.51. The van der Waals surface area contributed by atoms with Gasteiger partial charge in [0.15, 0.2) is 5.69 Å². The van der Waals surface area contributed by atoms with Crippen LogP contribution in [-0.4, -0.2) is 23.0 Å². The number of aromatic nitrogens is 2. The lowest BCUT2D eigenvalue weighted by molar-refractivity contribution is 0.0531. The zero-order chi connectivity index (χ0) is 13.3. The molecule has 8 heteroatoms. The summed E-state index contributed by atoms with van der Waals surface area (Å²) in [6.07, 6.45) is 0. The highest BCUT2D eigenvalue weighted by Crippen LogP contribution is 2.25. The molecule has 0 atom stereocenters. The van der Waals surface area contributed by atoms with Crippen molar-refractivity contribution in [1.29, 1.82) is 0 Å². The fourth-order valence-corrected chi connectivity index (χ4v) is 1.70. The van der Waals surface area contributed by atoms with Crippen LogP contribution in [0.3, 0.4) is 0 Å². The molecule has 6 nitrogen and oxygen atoms in total. The van der Waals surface area contributed by atoms with Gasteiger partial charge in [-0.05, 0) is 12.1 Å². The normalized spacial score (nSPS) is 10.6. The van der Waals surface area contributed by atoms with E-state index in [4.69, 9.17) is 23.2 Å². The highest BCUT2D eigenvalue weighted by molar-refractivity contribution is 6.42. The molecule has 2 aromatic rings. The second-order valence-electron chi connectivity index (χ2n) is 3.33. The van der Waals surface area contributed by atoms with Crippen molar-refractivity contribution < 1.29 is 9.63 Å². The predicted molar refractivity (Wildman–Crippen MR) is 66.9 cm³/mol. The molecule has 2 N–H and O–H groups in total. The molecule has 1 amide bonds. The number of halogens is 2. The van der Waals surface area contributed by atoms with E-state index in [1.165, 1.54) is 19.2 Å². The number of fused-ring (bicyclic) bond motifs is 1. The van der Waals surface area contributed by atoms with Crippen LogP contribution in [0.25, 0.3) is 11.0 Å². The molecule has 1 aromatic carbocycles. The molecule has 0 aliphatic rings. The zero-order valence-electron chi connectivity index (χ0n) is 9.08. The van der Waals surface area contributed by atoms with E-state index in [0.717, 1.165) is 0 Å². The van der Waals surface area contributed by atoms with E-state index >= 15 is 0 Å². The van der Waals surface area contributed by atoms with E-state index in [1.807, 2.05) is 5.48 Å². The molecule has 2 rings (SSSR count). The standard InChI is InChI=1S/C10H7Cl2N3O3/c1-18-15-10(17)8-9(16)14-7-3-5(12)4(11)2-6(7)13-8/h2-3H,1H3,(H,14,16)(H,15,17). The van der Waals surface area contributed by atoms with Gasteiger partial charge in [-0.25, -0.2) is 10.5 Å². The van der Waals surface area contributed by atoms with Crippen molar-refractivity contribution in [3.63, 3.8) is 0 Å². The number of carbonyl (C=O) groups excluding carboxylic acids is 1. The third-order valence-electron chi connectivity index (χ3n) is 2.14. The lowest BCUT2D eigenvalue weighted by Gasteiger charge is -2.04. The van der Waals surface area contributed by atoms with Crippen LogP contribution in [0, 0.1) is 0 Å². The largest absolute Gasteiger partial charge is 0.319 e. The first kappa shape index (κ1) is 12.8. The molecule has 1 aromatic heterocycles. The van der Waals surface area contributed by atoms with E-state index in [1.54, 1.807) is 0 Å². The fourth-order valence-electron chi connectivity index (χ4n) is 1.38. The first-order valence-electron chi connectivity index (χ1n) is 4.75. The van der Waals surface area contributed by atoms with Gasteiger partial charge in [-0.3, -0.25) is 14.4 Å². The van der Waals surface area contributed by atoms with Crippen LogP contribution in [0.1, 0.15) is 10.5 Å². The third-order valence-corrected chi connectivity index (χ3v) is 2.87. The quantitative estimate of drug-likeness (QED) is 0.821. The number of nitrogens with one attached hydrogen (secondary N) is 2. The van der Waals surface area contributed by atoms with E-state index in [-0.39, 0.29) is 15.7 Å². The van der Waals surface area contributed by atoms with E-state index < -0.39 is 11.5 Å². The van der Waals surface area contributed by atoms with Gasteiger partial charge in [0.05, 0.1) is 28.2 Å².